The molecule has 6 heteroatoms. The summed E-state index contributed by atoms with van der Waals surface area (Å²) in [4.78, 5) is 25.4. The van der Waals surface area contributed by atoms with E-state index in [4.69, 9.17) is 0 Å². The smallest absolute Gasteiger partial charge is 0.265 e. The number of para-hydroxylation sites is 1. The maximum absolute atomic E-state index is 12.6. The van der Waals surface area contributed by atoms with Crippen LogP contribution in [0.3, 0.4) is 0 Å². The zero-order chi connectivity index (χ0) is 16.9. The van der Waals surface area contributed by atoms with Gasteiger partial charge in [0.25, 0.3) is 11.8 Å². The Morgan fingerprint density at radius 3 is 2.58 bits per heavy atom. The first-order chi connectivity index (χ1) is 11.6. The molecule has 2 amide bonds. The Morgan fingerprint density at radius 1 is 1.04 bits per heavy atom. The predicted octanol–water partition coefficient (Wildman–Crippen LogP) is 3.03. The highest BCUT2D eigenvalue weighted by Crippen LogP contribution is 2.21. The molecule has 1 fully saturated rings. The van der Waals surface area contributed by atoms with Gasteiger partial charge in [0.05, 0.1) is 28.3 Å². The largest absolute Gasteiger partial charge is 0.391 e. The number of amides is 2. The van der Waals surface area contributed by atoms with Crippen LogP contribution in [0.15, 0.2) is 41.8 Å². The number of hydrogen-bond donors (Lipinski definition) is 3. The second-order valence-electron chi connectivity index (χ2n) is 5.91. The van der Waals surface area contributed by atoms with Crippen molar-refractivity contribution in [3.8, 4) is 0 Å². The molecule has 2 atom stereocenters. The molecular weight excluding hydrogens is 324 g/mol. The fraction of sp³-hybridized carbons (Fsp3) is 0.333. The minimum absolute atomic E-state index is 0.229. The number of benzene rings is 1. The molecular formula is C18H20N2O3S. The Balaban J connectivity index is 1.73. The van der Waals surface area contributed by atoms with Gasteiger partial charge in [-0.05, 0) is 36.4 Å². The Labute approximate surface area is 144 Å². The van der Waals surface area contributed by atoms with Crippen LogP contribution in [0.5, 0.6) is 0 Å². The Bertz CT molecular complexity index is 715. The number of carbonyl (C=O) groups excluding carboxylic acids is 2. The van der Waals surface area contributed by atoms with E-state index < -0.39 is 6.10 Å². The molecule has 1 aliphatic rings. The summed E-state index contributed by atoms with van der Waals surface area (Å²) in [6.45, 7) is 0. The van der Waals surface area contributed by atoms with Crippen LogP contribution in [0, 0.1) is 0 Å². The quantitative estimate of drug-likeness (QED) is 0.798. The van der Waals surface area contributed by atoms with E-state index in [0.717, 1.165) is 19.3 Å². The molecule has 2 unspecified atom stereocenters. The van der Waals surface area contributed by atoms with E-state index in [2.05, 4.69) is 10.6 Å². The molecule has 1 heterocycles. The lowest BCUT2D eigenvalue weighted by atomic mass is 9.92. The zero-order valence-corrected chi connectivity index (χ0v) is 14.0. The highest BCUT2D eigenvalue weighted by atomic mass is 32.1. The SMILES string of the molecule is O=C(Nc1ccccc1C(=O)NC1CCCCC1O)c1cccs1. The molecule has 0 bridgehead atoms. The molecule has 0 aliphatic heterocycles. The van der Waals surface area contributed by atoms with E-state index in [0.29, 0.717) is 22.5 Å². The van der Waals surface area contributed by atoms with Crippen LogP contribution >= 0.6 is 11.3 Å². The third kappa shape index (κ3) is 3.83. The minimum atomic E-state index is -0.504. The summed E-state index contributed by atoms with van der Waals surface area (Å²) in [5.74, 6) is -0.508. The second-order valence-corrected chi connectivity index (χ2v) is 6.86. The number of carbonyl (C=O) groups is 2. The van der Waals surface area contributed by atoms with Gasteiger partial charge in [0.15, 0.2) is 0 Å². The summed E-state index contributed by atoms with van der Waals surface area (Å²) in [7, 11) is 0. The van der Waals surface area contributed by atoms with Crippen LogP contribution in [0.25, 0.3) is 0 Å². The van der Waals surface area contributed by atoms with Crippen LogP contribution < -0.4 is 10.6 Å². The van der Waals surface area contributed by atoms with Crippen LogP contribution in [0.2, 0.25) is 0 Å². The van der Waals surface area contributed by atoms with Crippen molar-refractivity contribution in [2.24, 2.45) is 0 Å². The Morgan fingerprint density at radius 2 is 1.83 bits per heavy atom. The summed E-state index contributed by atoms with van der Waals surface area (Å²) in [5.41, 5.74) is 0.874. The standard InChI is InChI=1S/C18H20N2O3S/c21-15-9-4-3-8-14(15)20-17(22)12-6-1-2-7-13(12)19-18(23)16-10-5-11-24-16/h1-2,5-7,10-11,14-15,21H,3-4,8-9H2,(H,19,23)(H,20,22). The molecule has 0 spiro atoms. The van der Waals surface area contributed by atoms with Gasteiger partial charge in [0, 0.05) is 0 Å². The van der Waals surface area contributed by atoms with Gasteiger partial charge in [-0.25, -0.2) is 0 Å². The van der Waals surface area contributed by atoms with Gasteiger partial charge in [-0.2, -0.15) is 0 Å². The molecule has 1 aromatic carbocycles. The molecule has 1 aliphatic carbocycles. The maximum Gasteiger partial charge on any atom is 0.265 e. The molecule has 3 rings (SSSR count). The van der Waals surface area contributed by atoms with Crippen molar-refractivity contribution in [2.75, 3.05) is 5.32 Å². The van der Waals surface area contributed by atoms with Gasteiger partial charge in [0.1, 0.15) is 0 Å². The van der Waals surface area contributed by atoms with Crippen molar-refractivity contribution < 1.29 is 14.7 Å². The van der Waals surface area contributed by atoms with Crippen LogP contribution in [0.4, 0.5) is 5.69 Å². The third-order valence-electron chi connectivity index (χ3n) is 4.21. The summed E-state index contributed by atoms with van der Waals surface area (Å²) < 4.78 is 0. The van der Waals surface area contributed by atoms with Crippen molar-refractivity contribution in [3.63, 3.8) is 0 Å². The van der Waals surface area contributed by atoms with Crippen molar-refractivity contribution in [2.45, 2.75) is 37.8 Å². The number of aliphatic hydroxyl groups is 1. The summed E-state index contributed by atoms with van der Waals surface area (Å²) >= 11 is 1.35. The molecule has 24 heavy (non-hydrogen) atoms. The minimum Gasteiger partial charge on any atom is -0.391 e. The molecule has 126 valence electrons. The zero-order valence-electron chi connectivity index (χ0n) is 13.2. The number of hydrogen-bond acceptors (Lipinski definition) is 4. The average Bonchev–Trinajstić information content (AvgIpc) is 3.12. The number of aliphatic hydroxyl groups excluding tert-OH is 1. The number of anilines is 1. The predicted molar refractivity (Wildman–Crippen MR) is 94.4 cm³/mol. The second kappa shape index (κ2) is 7.59. The molecule has 1 saturated carbocycles. The van der Waals surface area contributed by atoms with Crippen molar-refractivity contribution in [1.29, 1.82) is 0 Å². The van der Waals surface area contributed by atoms with E-state index in [1.807, 2.05) is 11.4 Å². The summed E-state index contributed by atoms with van der Waals surface area (Å²) in [6, 6.07) is 10.2. The van der Waals surface area contributed by atoms with Crippen LogP contribution in [-0.2, 0) is 0 Å². The van der Waals surface area contributed by atoms with E-state index in [-0.39, 0.29) is 17.9 Å². The summed E-state index contributed by atoms with van der Waals surface area (Å²) in [6.07, 6.45) is 2.97. The molecule has 1 aromatic heterocycles. The molecule has 2 aromatic rings. The topological polar surface area (TPSA) is 78.4 Å². The van der Waals surface area contributed by atoms with Gasteiger partial charge in [-0.3, -0.25) is 9.59 Å². The van der Waals surface area contributed by atoms with Gasteiger partial charge >= 0.3 is 0 Å². The van der Waals surface area contributed by atoms with Crippen LogP contribution in [0.1, 0.15) is 45.7 Å². The van der Waals surface area contributed by atoms with E-state index in [9.17, 15) is 14.7 Å². The maximum atomic E-state index is 12.6. The lowest BCUT2D eigenvalue weighted by Crippen LogP contribution is -2.45. The van der Waals surface area contributed by atoms with Crippen molar-refractivity contribution >= 4 is 28.8 Å². The van der Waals surface area contributed by atoms with E-state index in [1.54, 1.807) is 30.3 Å². The number of nitrogens with one attached hydrogen (secondary N) is 2. The number of thiophene rings is 1. The Kier molecular flexibility index (Phi) is 5.27. The average molecular weight is 344 g/mol. The van der Waals surface area contributed by atoms with Crippen LogP contribution in [-0.4, -0.2) is 29.1 Å². The molecule has 0 radical (unpaired) electrons. The van der Waals surface area contributed by atoms with Gasteiger partial charge < -0.3 is 15.7 Å². The first kappa shape index (κ1) is 16.7. The highest BCUT2D eigenvalue weighted by Gasteiger charge is 2.25. The molecule has 3 N–H and O–H groups in total. The lowest BCUT2D eigenvalue weighted by Gasteiger charge is -2.28. The lowest BCUT2D eigenvalue weighted by molar-refractivity contribution is 0.0718. The van der Waals surface area contributed by atoms with E-state index in [1.165, 1.54) is 11.3 Å². The fourth-order valence-corrected chi connectivity index (χ4v) is 3.53. The van der Waals surface area contributed by atoms with Gasteiger partial charge in [0.2, 0.25) is 0 Å². The molecule has 0 saturated heterocycles. The normalized spacial score (nSPS) is 20.4. The first-order valence-corrected chi connectivity index (χ1v) is 8.96. The fourth-order valence-electron chi connectivity index (χ4n) is 2.91. The summed E-state index contributed by atoms with van der Waals surface area (Å²) in [5, 5.41) is 17.5. The monoisotopic (exact) mass is 344 g/mol. The molecule has 5 nitrogen and oxygen atoms in total. The van der Waals surface area contributed by atoms with Crippen molar-refractivity contribution in [3.05, 3.63) is 52.2 Å². The van der Waals surface area contributed by atoms with E-state index >= 15 is 0 Å². The highest BCUT2D eigenvalue weighted by molar-refractivity contribution is 7.12. The Hall–Kier alpha value is -2.18. The number of rotatable bonds is 4. The van der Waals surface area contributed by atoms with Crippen molar-refractivity contribution in [1.82, 2.24) is 5.32 Å². The van der Waals surface area contributed by atoms with Gasteiger partial charge in [-0.1, -0.05) is 31.0 Å². The first-order valence-electron chi connectivity index (χ1n) is 8.08. The van der Waals surface area contributed by atoms with Gasteiger partial charge in [-0.15, -0.1) is 11.3 Å². The third-order valence-corrected chi connectivity index (χ3v) is 5.08.